The van der Waals surface area contributed by atoms with Gasteiger partial charge in [-0.3, -0.25) is 0 Å². The van der Waals surface area contributed by atoms with E-state index in [2.05, 4.69) is 25.2 Å². The maximum absolute atomic E-state index is 13.3. The van der Waals surface area contributed by atoms with Crippen molar-refractivity contribution in [1.29, 1.82) is 0 Å². The Kier molecular flexibility index (Phi) is 5.46. The minimum absolute atomic E-state index is 0.0235. The van der Waals surface area contributed by atoms with Gasteiger partial charge in [0, 0.05) is 12.7 Å². The van der Waals surface area contributed by atoms with Crippen molar-refractivity contribution < 1.29 is 17.9 Å². The number of halogens is 3. The lowest BCUT2D eigenvalue weighted by molar-refractivity contribution is -0.138. The van der Waals surface area contributed by atoms with Crippen molar-refractivity contribution in [2.24, 2.45) is 0 Å². The minimum Gasteiger partial charge on any atom is -0.377 e. The molecule has 0 bridgehead atoms. The Hall–Kier alpha value is -2.94. The Morgan fingerprint density at radius 1 is 1.07 bits per heavy atom. The van der Waals surface area contributed by atoms with Gasteiger partial charge < -0.3 is 15.0 Å². The summed E-state index contributed by atoms with van der Waals surface area (Å²) in [4.78, 5) is 15.7. The Balaban J connectivity index is 1.71. The molecule has 0 amide bonds. The number of fused-ring (bicyclic) bond motifs is 1. The van der Waals surface area contributed by atoms with Crippen LogP contribution in [0.2, 0.25) is 0 Å². The second-order valence-corrected chi connectivity index (χ2v) is 7.40. The average Bonchev–Trinajstić information content (AvgIpc) is 2.71. The molecule has 2 aromatic heterocycles. The molecule has 1 saturated heterocycles. The second kappa shape index (κ2) is 8.06. The SMILES string of the molecule is CC1COCC(C)N1c1nc(NCc2ccccc2C(F)(F)F)c2cccnc2n1. The molecule has 6 nitrogen and oxygen atoms in total. The number of pyridine rings is 1. The minimum atomic E-state index is -4.42. The molecule has 1 fully saturated rings. The van der Waals surface area contributed by atoms with Gasteiger partial charge in [0.25, 0.3) is 0 Å². The summed E-state index contributed by atoms with van der Waals surface area (Å²) in [6.45, 7) is 5.12. The molecular weight excluding hydrogens is 395 g/mol. The molecule has 0 saturated carbocycles. The van der Waals surface area contributed by atoms with Crippen LogP contribution in [0, 0.1) is 0 Å². The summed E-state index contributed by atoms with van der Waals surface area (Å²) in [6.07, 6.45) is -2.79. The van der Waals surface area contributed by atoms with Crippen LogP contribution in [0.15, 0.2) is 42.6 Å². The first-order valence-electron chi connectivity index (χ1n) is 9.72. The number of nitrogens with zero attached hydrogens (tertiary/aromatic N) is 4. The van der Waals surface area contributed by atoms with Gasteiger partial charge in [-0.05, 0) is 37.6 Å². The molecule has 30 heavy (non-hydrogen) atoms. The summed E-state index contributed by atoms with van der Waals surface area (Å²) in [5.41, 5.74) is -0.0278. The fourth-order valence-electron chi connectivity index (χ4n) is 3.73. The van der Waals surface area contributed by atoms with E-state index >= 15 is 0 Å². The molecule has 0 radical (unpaired) electrons. The number of benzene rings is 1. The van der Waals surface area contributed by atoms with Crippen LogP contribution >= 0.6 is 0 Å². The average molecular weight is 417 g/mol. The summed E-state index contributed by atoms with van der Waals surface area (Å²) in [6, 6.07) is 9.20. The van der Waals surface area contributed by atoms with E-state index in [9.17, 15) is 13.2 Å². The fraction of sp³-hybridized carbons (Fsp3) is 0.381. The van der Waals surface area contributed by atoms with Crippen LogP contribution in [0.1, 0.15) is 25.0 Å². The third-order valence-corrected chi connectivity index (χ3v) is 5.13. The highest BCUT2D eigenvalue weighted by Gasteiger charge is 2.33. The van der Waals surface area contributed by atoms with Gasteiger partial charge in [-0.25, -0.2) is 4.98 Å². The van der Waals surface area contributed by atoms with E-state index in [1.807, 2.05) is 13.8 Å². The predicted octanol–water partition coefficient (Wildman–Crippen LogP) is 4.27. The zero-order valence-corrected chi connectivity index (χ0v) is 16.6. The first-order valence-corrected chi connectivity index (χ1v) is 9.72. The summed E-state index contributed by atoms with van der Waals surface area (Å²) in [5, 5.41) is 3.73. The van der Waals surface area contributed by atoms with Crippen molar-refractivity contribution in [3.8, 4) is 0 Å². The standard InChI is InChI=1S/C21H22F3N5O/c1-13-11-30-12-14(2)29(13)20-27-18-16(7-5-9-25-18)19(28-20)26-10-15-6-3-4-8-17(15)21(22,23)24/h3-9,13-14H,10-12H2,1-2H3,(H,25,26,27,28). The van der Waals surface area contributed by atoms with E-state index in [1.165, 1.54) is 12.1 Å². The Bertz CT molecular complexity index is 1030. The molecule has 3 aromatic rings. The smallest absolute Gasteiger partial charge is 0.377 e. The van der Waals surface area contributed by atoms with Crippen molar-refractivity contribution in [2.75, 3.05) is 23.4 Å². The van der Waals surface area contributed by atoms with Gasteiger partial charge in [-0.15, -0.1) is 0 Å². The first-order chi connectivity index (χ1) is 14.3. The molecule has 0 aliphatic carbocycles. The topological polar surface area (TPSA) is 63.2 Å². The number of hydrogen-bond acceptors (Lipinski definition) is 6. The molecule has 0 spiro atoms. The lowest BCUT2D eigenvalue weighted by Crippen LogP contribution is -2.50. The van der Waals surface area contributed by atoms with Crippen LogP contribution in [0.4, 0.5) is 24.9 Å². The number of aromatic nitrogens is 3. The molecule has 1 N–H and O–H groups in total. The highest BCUT2D eigenvalue weighted by atomic mass is 19.4. The van der Waals surface area contributed by atoms with E-state index in [1.54, 1.807) is 24.4 Å². The Labute approximate surface area is 172 Å². The normalized spacial score (nSPS) is 19.8. The van der Waals surface area contributed by atoms with Gasteiger partial charge in [0.1, 0.15) is 5.82 Å². The maximum Gasteiger partial charge on any atom is 0.416 e. The number of hydrogen-bond donors (Lipinski definition) is 1. The number of ether oxygens (including phenoxy) is 1. The molecule has 1 aliphatic rings. The summed E-state index contributed by atoms with van der Waals surface area (Å²) in [7, 11) is 0. The highest BCUT2D eigenvalue weighted by molar-refractivity contribution is 5.87. The van der Waals surface area contributed by atoms with Crippen molar-refractivity contribution >= 4 is 22.8 Å². The van der Waals surface area contributed by atoms with Crippen molar-refractivity contribution in [1.82, 2.24) is 15.0 Å². The summed E-state index contributed by atoms with van der Waals surface area (Å²) in [5.74, 6) is 0.932. The third kappa shape index (κ3) is 4.02. The second-order valence-electron chi connectivity index (χ2n) is 7.40. The lowest BCUT2D eigenvalue weighted by atomic mass is 10.1. The van der Waals surface area contributed by atoms with Gasteiger partial charge >= 0.3 is 6.18 Å². The molecule has 2 atom stereocenters. The van der Waals surface area contributed by atoms with E-state index in [0.29, 0.717) is 36.0 Å². The molecule has 158 valence electrons. The largest absolute Gasteiger partial charge is 0.416 e. The van der Waals surface area contributed by atoms with E-state index in [4.69, 9.17) is 4.74 Å². The van der Waals surface area contributed by atoms with Crippen molar-refractivity contribution in [3.05, 3.63) is 53.7 Å². The maximum atomic E-state index is 13.3. The molecule has 9 heteroatoms. The van der Waals surface area contributed by atoms with Gasteiger partial charge in [0.2, 0.25) is 5.95 Å². The van der Waals surface area contributed by atoms with E-state index in [0.717, 1.165) is 6.07 Å². The zero-order valence-electron chi connectivity index (χ0n) is 16.6. The number of rotatable bonds is 4. The van der Waals surface area contributed by atoms with Crippen molar-refractivity contribution in [3.63, 3.8) is 0 Å². The quantitative estimate of drug-likeness (QED) is 0.684. The van der Waals surface area contributed by atoms with E-state index < -0.39 is 11.7 Å². The van der Waals surface area contributed by atoms with Crippen LogP contribution in [0.5, 0.6) is 0 Å². The van der Waals surface area contributed by atoms with Crippen LogP contribution in [0.25, 0.3) is 11.0 Å². The lowest BCUT2D eigenvalue weighted by Gasteiger charge is -2.38. The van der Waals surface area contributed by atoms with E-state index in [-0.39, 0.29) is 24.2 Å². The number of morpholine rings is 1. The third-order valence-electron chi connectivity index (χ3n) is 5.13. The number of alkyl halides is 3. The predicted molar refractivity (Wildman–Crippen MR) is 108 cm³/mol. The van der Waals surface area contributed by atoms with Gasteiger partial charge in [-0.2, -0.15) is 23.1 Å². The Morgan fingerprint density at radius 2 is 1.80 bits per heavy atom. The van der Waals surface area contributed by atoms with Crippen LogP contribution in [0.3, 0.4) is 0 Å². The Morgan fingerprint density at radius 3 is 2.53 bits per heavy atom. The van der Waals surface area contributed by atoms with Crippen LogP contribution in [-0.4, -0.2) is 40.2 Å². The molecule has 3 heterocycles. The monoisotopic (exact) mass is 417 g/mol. The summed E-state index contributed by atoms with van der Waals surface area (Å²) < 4.78 is 45.6. The highest BCUT2D eigenvalue weighted by Crippen LogP contribution is 2.33. The van der Waals surface area contributed by atoms with Gasteiger partial charge in [0.15, 0.2) is 5.65 Å². The molecule has 1 aliphatic heterocycles. The molecule has 4 rings (SSSR count). The van der Waals surface area contributed by atoms with Gasteiger partial charge in [-0.1, -0.05) is 18.2 Å². The zero-order chi connectivity index (χ0) is 21.3. The van der Waals surface area contributed by atoms with Crippen LogP contribution in [-0.2, 0) is 17.5 Å². The van der Waals surface area contributed by atoms with Crippen LogP contribution < -0.4 is 10.2 Å². The first kappa shape index (κ1) is 20.3. The molecule has 2 unspecified atom stereocenters. The number of anilines is 2. The fourth-order valence-corrected chi connectivity index (χ4v) is 3.73. The molecule has 1 aromatic carbocycles. The van der Waals surface area contributed by atoms with Gasteiger partial charge in [0.05, 0.1) is 36.2 Å². The number of nitrogens with one attached hydrogen (secondary N) is 1. The van der Waals surface area contributed by atoms with Crippen molar-refractivity contribution in [2.45, 2.75) is 38.7 Å². The summed E-state index contributed by atoms with van der Waals surface area (Å²) >= 11 is 0. The molecular formula is C21H22F3N5O.